The highest BCUT2D eigenvalue weighted by molar-refractivity contribution is 7.12. The molecule has 6 heteroatoms. The first-order chi connectivity index (χ1) is 14.7. The maximum Gasteiger partial charge on any atom is 0.213 e. The number of rotatable bonds is 6. The molecule has 4 rings (SSSR count). The van der Waals surface area contributed by atoms with E-state index in [0.717, 1.165) is 11.3 Å². The summed E-state index contributed by atoms with van der Waals surface area (Å²) in [4.78, 5) is 13.3. The standard InChI is InChI=1S/C24H17N3O2S/c1-29-21-11-6-5-10-20(21)23-18(16-27(26-23)19-8-3-2-4-9-19)14-17(15-25)24(28)22-12-7-13-30-22/h2-14,16H,1H3/b17-14+. The van der Waals surface area contributed by atoms with Crippen molar-refractivity contribution in [3.8, 4) is 28.8 Å². The fourth-order valence-electron chi connectivity index (χ4n) is 3.10. The van der Waals surface area contributed by atoms with Crippen molar-refractivity contribution in [2.45, 2.75) is 0 Å². The Hall–Kier alpha value is -3.95. The Labute approximate surface area is 178 Å². The number of hydrogen-bond acceptors (Lipinski definition) is 5. The first-order valence-electron chi connectivity index (χ1n) is 9.19. The van der Waals surface area contributed by atoms with E-state index in [1.165, 1.54) is 11.3 Å². The number of methoxy groups -OCH3 is 1. The molecular formula is C24H17N3O2S. The highest BCUT2D eigenvalue weighted by atomic mass is 32.1. The zero-order valence-electron chi connectivity index (χ0n) is 16.1. The van der Waals surface area contributed by atoms with E-state index in [-0.39, 0.29) is 11.4 Å². The van der Waals surface area contributed by atoms with Crippen molar-refractivity contribution in [3.05, 3.63) is 94.3 Å². The number of carbonyl (C=O) groups excluding carboxylic acids is 1. The SMILES string of the molecule is COc1ccccc1-c1nn(-c2ccccc2)cc1/C=C(\C#N)C(=O)c1cccs1. The van der Waals surface area contributed by atoms with Gasteiger partial charge in [-0.2, -0.15) is 10.4 Å². The van der Waals surface area contributed by atoms with Crippen molar-refractivity contribution in [3.63, 3.8) is 0 Å². The largest absolute Gasteiger partial charge is 0.496 e. The van der Waals surface area contributed by atoms with Gasteiger partial charge in [0.05, 0.1) is 17.7 Å². The Balaban J connectivity index is 1.88. The molecular weight excluding hydrogens is 394 g/mol. The van der Waals surface area contributed by atoms with Crippen LogP contribution in [0, 0.1) is 11.3 Å². The van der Waals surface area contributed by atoms with Gasteiger partial charge in [0.2, 0.25) is 5.78 Å². The number of thiophene rings is 1. The Morgan fingerprint density at radius 2 is 1.87 bits per heavy atom. The summed E-state index contributed by atoms with van der Waals surface area (Å²) >= 11 is 1.31. The lowest BCUT2D eigenvalue weighted by Crippen LogP contribution is -1.99. The quantitative estimate of drug-likeness (QED) is 0.242. The lowest BCUT2D eigenvalue weighted by atomic mass is 10.0. The first-order valence-corrected chi connectivity index (χ1v) is 10.1. The summed E-state index contributed by atoms with van der Waals surface area (Å²) in [6, 6.07) is 22.8. The normalized spacial score (nSPS) is 11.1. The van der Waals surface area contributed by atoms with Crippen LogP contribution in [0.25, 0.3) is 23.0 Å². The predicted molar refractivity (Wildman–Crippen MR) is 118 cm³/mol. The summed E-state index contributed by atoms with van der Waals surface area (Å²) in [5.74, 6) is 0.361. The van der Waals surface area contributed by atoms with Gasteiger partial charge in [0.25, 0.3) is 0 Å². The van der Waals surface area contributed by atoms with Gasteiger partial charge in [-0.05, 0) is 41.8 Å². The van der Waals surface area contributed by atoms with Crippen molar-refractivity contribution in [2.24, 2.45) is 0 Å². The molecule has 0 N–H and O–H groups in total. The molecule has 0 spiro atoms. The van der Waals surface area contributed by atoms with Crippen LogP contribution in [0.2, 0.25) is 0 Å². The molecule has 2 heterocycles. The van der Waals surface area contributed by atoms with Gasteiger partial charge in [0.15, 0.2) is 0 Å². The van der Waals surface area contributed by atoms with Crippen LogP contribution in [0.3, 0.4) is 0 Å². The lowest BCUT2D eigenvalue weighted by molar-refractivity contribution is 0.104. The molecule has 0 radical (unpaired) electrons. The molecule has 0 atom stereocenters. The second-order valence-electron chi connectivity index (χ2n) is 6.39. The van der Waals surface area contributed by atoms with Gasteiger partial charge in [-0.25, -0.2) is 4.68 Å². The average molecular weight is 411 g/mol. The highest BCUT2D eigenvalue weighted by Crippen LogP contribution is 2.33. The average Bonchev–Trinajstić information content (AvgIpc) is 3.48. The molecule has 4 aromatic rings. The Kier molecular flexibility index (Phi) is 5.55. The van der Waals surface area contributed by atoms with E-state index in [1.807, 2.05) is 72.2 Å². The van der Waals surface area contributed by atoms with Crippen LogP contribution in [0.15, 0.2) is 83.9 Å². The third kappa shape index (κ3) is 3.79. The van der Waals surface area contributed by atoms with Crippen molar-refractivity contribution in [1.29, 1.82) is 5.26 Å². The Morgan fingerprint density at radius 1 is 1.10 bits per heavy atom. The van der Waals surface area contributed by atoms with E-state index in [9.17, 15) is 10.1 Å². The third-order valence-electron chi connectivity index (χ3n) is 4.54. The predicted octanol–water partition coefficient (Wildman–Crippen LogP) is 5.40. The van der Waals surface area contributed by atoms with Gasteiger partial charge in [-0.3, -0.25) is 4.79 Å². The van der Waals surface area contributed by atoms with E-state index in [1.54, 1.807) is 30.0 Å². The monoisotopic (exact) mass is 411 g/mol. The fraction of sp³-hybridized carbons (Fsp3) is 0.0417. The number of nitrogens with zero attached hydrogens (tertiary/aromatic N) is 3. The van der Waals surface area contributed by atoms with Crippen LogP contribution in [0.5, 0.6) is 5.75 Å². The molecule has 5 nitrogen and oxygen atoms in total. The summed E-state index contributed by atoms with van der Waals surface area (Å²) < 4.78 is 7.24. The first kappa shape index (κ1) is 19.4. The van der Waals surface area contributed by atoms with Gasteiger partial charge in [-0.1, -0.05) is 36.4 Å². The molecule has 30 heavy (non-hydrogen) atoms. The zero-order valence-corrected chi connectivity index (χ0v) is 17.0. The molecule has 0 amide bonds. The number of carbonyl (C=O) groups is 1. The van der Waals surface area contributed by atoms with Crippen LogP contribution in [-0.2, 0) is 0 Å². The van der Waals surface area contributed by atoms with Gasteiger partial charge in [0.1, 0.15) is 23.1 Å². The number of nitriles is 1. The number of aromatic nitrogens is 2. The van der Waals surface area contributed by atoms with Gasteiger partial charge < -0.3 is 4.74 Å². The molecule has 2 aromatic carbocycles. The van der Waals surface area contributed by atoms with Gasteiger partial charge >= 0.3 is 0 Å². The summed E-state index contributed by atoms with van der Waals surface area (Å²) in [7, 11) is 1.60. The number of allylic oxidation sites excluding steroid dienone is 1. The second kappa shape index (κ2) is 8.60. The lowest BCUT2D eigenvalue weighted by Gasteiger charge is -2.07. The molecule has 2 aromatic heterocycles. The van der Waals surface area contributed by atoms with E-state index in [2.05, 4.69) is 0 Å². The molecule has 0 unspecified atom stereocenters. The Bertz CT molecular complexity index is 1250. The van der Waals surface area contributed by atoms with Crippen molar-refractivity contribution < 1.29 is 9.53 Å². The van der Waals surface area contributed by atoms with Crippen LogP contribution in [0.1, 0.15) is 15.2 Å². The molecule has 0 saturated carbocycles. The number of para-hydroxylation sites is 2. The minimum Gasteiger partial charge on any atom is -0.496 e. The van der Waals surface area contributed by atoms with Gasteiger partial charge in [-0.15, -0.1) is 11.3 Å². The summed E-state index contributed by atoms with van der Waals surface area (Å²) in [5, 5.41) is 16.2. The number of ether oxygens (including phenoxy) is 1. The van der Waals surface area contributed by atoms with E-state index in [0.29, 0.717) is 21.9 Å². The van der Waals surface area contributed by atoms with Crippen molar-refractivity contribution >= 4 is 23.2 Å². The van der Waals surface area contributed by atoms with Gasteiger partial charge in [0, 0.05) is 17.3 Å². The molecule has 0 saturated heterocycles. The summed E-state index contributed by atoms with van der Waals surface area (Å²) in [5.41, 5.74) is 2.99. The molecule has 0 aliphatic heterocycles. The highest BCUT2D eigenvalue weighted by Gasteiger charge is 2.18. The van der Waals surface area contributed by atoms with Crippen molar-refractivity contribution in [2.75, 3.05) is 7.11 Å². The topological polar surface area (TPSA) is 67.9 Å². The molecule has 0 aliphatic carbocycles. The minimum atomic E-state index is -0.300. The van der Waals surface area contributed by atoms with Crippen LogP contribution >= 0.6 is 11.3 Å². The van der Waals surface area contributed by atoms with E-state index < -0.39 is 0 Å². The van der Waals surface area contributed by atoms with Crippen LogP contribution in [0.4, 0.5) is 0 Å². The molecule has 0 fully saturated rings. The maximum absolute atomic E-state index is 12.8. The molecule has 146 valence electrons. The number of ketones is 1. The summed E-state index contributed by atoms with van der Waals surface area (Å²) in [6.45, 7) is 0. The Morgan fingerprint density at radius 3 is 2.57 bits per heavy atom. The van der Waals surface area contributed by atoms with E-state index in [4.69, 9.17) is 9.84 Å². The number of benzene rings is 2. The second-order valence-corrected chi connectivity index (χ2v) is 7.34. The smallest absolute Gasteiger partial charge is 0.213 e. The summed E-state index contributed by atoms with van der Waals surface area (Å²) in [6.07, 6.45) is 3.41. The van der Waals surface area contributed by atoms with E-state index >= 15 is 0 Å². The molecule has 0 aliphatic rings. The van der Waals surface area contributed by atoms with Crippen LogP contribution < -0.4 is 4.74 Å². The third-order valence-corrected chi connectivity index (χ3v) is 5.40. The minimum absolute atomic E-state index is 0.0567. The number of hydrogen-bond donors (Lipinski definition) is 0. The van der Waals surface area contributed by atoms with Crippen molar-refractivity contribution in [1.82, 2.24) is 9.78 Å². The fourth-order valence-corrected chi connectivity index (χ4v) is 3.78. The number of Topliss-reactive ketones (excluding diaryl/α,β-unsaturated/α-hetero) is 1. The maximum atomic E-state index is 12.8. The van der Waals surface area contributed by atoms with Crippen LogP contribution in [-0.4, -0.2) is 22.7 Å². The molecule has 0 bridgehead atoms. The zero-order chi connectivity index (χ0) is 20.9.